The van der Waals surface area contributed by atoms with E-state index in [2.05, 4.69) is 4.72 Å². The van der Waals surface area contributed by atoms with Gasteiger partial charge in [0, 0.05) is 5.69 Å². The van der Waals surface area contributed by atoms with Crippen LogP contribution in [0.2, 0.25) is 0 Å². The molecule has 0 aliphatic carbocycles. The van der Waals surface area contributed by atoms with E-state index in [1.807, 2.05) is 19.9 Å². The molecule has 0 saturated heterocycles. The molecule has 0 heterocycles. The summed E-state index contributed by atoms with van der Waals surface area (Å²) in [6.45, 7) is 4.04. The minimum absolute atomic E-state index is 0.0938. The van der Waals surface area contributed by atoms with E-state index in [1.165, 1.54) is 25.3 Å². The Morgan fingerprint density at radius 3 is 2.52 bits per heavy atom. The van der Waals surface area contributed by atoms with Crippen LogP contribution in [0, 0.1) is 0 Å². The zero-order chi connectivity index (χ0) is 18.6. The number of aliphatic carboxylic acids is 1. The summed E-state index contributed by atoms with van der Waals surface area (Å²) in [6, 6.07) is 11.5. The first kappa shape index (κ1) is 18.8. The van der Waals surface area contributed by atoms with Gasteiger partial charge in [0.15, 0.2) is 0 Å². The Kier molecular flexibility index (Phi) is 5.69. The number of benzene rings is 2. The van der Waals surface area contributed by atoms with Crippen molar-refractivity contribution >= 4 is 21.7 Å². The van der Waals surface area contributed by atoms with E-state index in [9.17, 15) is 13.2 Å². The average Bonchev–Trinajstić information content (AvgIpc) is 2.54. The lowest BCUT2D eigenvalue weighted by atomic mass is 10.0. The maximum atomic E-state index is 12.8. The molecular formula is C18H21NO5S. The Labute approximate surface area is 147 Å². The first-order chi connectivity index (χ1) is 11.7. The van der Waals surface area contributed by atoms with Crippen LogP contribution in [0.5, 0.6) is 5.75 Å². The number of methoxy groups -OCH3 is 1. The van der Waals surface area contributed by atoms with Crippen LogP contribution in [0.3, 0.4) is 0 Å². The van der Waals surface area contributed by atoms with Crippen LogP contribution in [0.15, 0.2) is 47.4 Å². The molecule has 0 amide bonds. The highest BCUT2D eigenvalue weighted by atomic mass is 32.2. The quantitative estimate of drug-likeness (QED) is 0.788. The van der Waals surface area contributed by atoms with Gasteiger partial charge in [-0.15, -0.1) is 0 Å². The molecule has 0 saturated carbocycles. The Morgan fingerprint density at radius 2 is 1.92 bits per heavy atom. The van der Waals surface area contributed by atoms with Crippen LogP contribution >= 0.6 is 0 Å². The van der Waals surface area contributed by atoms with Gasteiger partial charge in [-0.25, -0.2) is 8.42 Å². The summed E-state index contributed by atoms with van der Waals surface area (Å²) >= 11 is 0. The van der Waals surface area contributed by atoms with Gasteiger partial charge in [-0.2, -0.15) is 0 Å². The topological polar surface area (TPSA) is 92.7 Å². The number of carboxylic acid groups (broad SMARTS) is 1. The molecule has 0 aromatic heterocycles. The monoisotopic (exact) mass is 363 g/mol. The van der Waals surface area contributed by atoms with E-state index in [4.69, 9.17) is 9.84 Å². The summed E-state index contributed by atoms with van der Waals surface area (Å²) in [6.07, 6.45) is -0.269. The normalized spacial score (nSPS) is 11.4. The molecule has 7 heteroatoms. The van der Waals surface area contributed by atoms with Gasteiger partial charge < -0.3 is 9.84 Å². The minimum atomic E-state index is -3.92. The maximum Gasteiger partial charge on any atom is 0.307 e. The first-order valence-electron chi connectivity index (χ1n) is 7.74. The second-order valence-corrected chi connectivity index (χ2v) is 7.59. The molecule has 2 aromatic rings. The van der Waals surface area contributed by atoms with Crippen LogP contribution < -0.4 is 9.46 Å². The lowest BCUT2D eigenvalue weighted by molar-refractivity contribution is -0.136. The van der Waals surface area contributed by atoms with Gasteiger partial charge in [-0.1, -0.05) is 32.0 Å². The van der Waals surface area contributed by atoms with E-state index >= 15 is 0 Å². The zero-order valence-electron chi connectivity index (χ0n) is 14.3. The predicted molar refractivity (Wildman–Crippen MR) is 95.7 cm³/mol. The average molecular weight is 363 g/mol. The van der Waals surface area contributed by atoms with Gasteiger partial charge in [0.05, 0.1) is 13.5 Å². The molecular weight excluding hydrogens is 342 g/mol. The predicted octanol–water partition coefficient (Wildman–Crippen LogP) is 3.25. The fourth-order valence-corrected chi connectivity index (χ4v) is 3.66. The van der Waals surface area contributed by atoms with Crippen LogP contribution in [0.4, 0.5) is 5.69 Å². The molecule has 134 valence electrons. The lowest BCUT2D eigenvalue weighted by Crippen LogP contribution is -2.15. The van der Waals surface area contributed by atoms with Crippen molar-refractivity contribution < 1.29 is 23.1 Å². The molecule has 2 rings (SSSR count). The van der Waals surface area contributed by atoms with Crippen LogP contribution in [0.1, 0.15) is 30.9 Å². The third-order valence-corrected chi connectivity index (χ3v) is 5.08. The van der Waals surface area contributed by atoms with Crippen molar-refractivity contribution in [2.75, 3.05) is 11.8 Å². The lowest BCUT2D eigenvalue weighted by Gasteiger charge is -2.14. The van der Waals surface area contributed by atoms with Crippen LogP contribution in [-0.4, -0.2) is 26.6 Å². The fourth-order valence-electron chi connectivity index (χ4n) is 2.39. The smallest absolute Gasteiger partial charge is 0.307 e. The second kappa shape index (κ2) is 7.57. The van der Waals surface area contributed by atoms with Crippen molar-refractivity contribution in [3.05, 3.63) is 53.6 Å². The van der Waals surface area contributed by atoms with Crippen molar-refractivity contribution in [1.82, 2.24) is 0 Å². The molecule has 2 aromatic carbocycles. The van der Waals surface area contributed by atoms with Crippen molar-refractivity contribution in [1.29, 1.82) is 0 Å². The van der Waals surface area contributed by atoms with Crippen molar-refractivity contribution in [2.24, 2.45) is 0 Å². The third-order valence-electron chi connectivity index (χ3n) is 3.68. The summed E-state index contributed by atoms with van der Waals surface area (Å²) in [4.78, 5) is 10.8. The summed E-state index contributed by atoms with van der Waals surface area (Å²) in [7, 11) is -2.56. The summed E-state index contributed by atoms with van der Waals surface area (Å²) < 4.78 is 33.2. The highest BCUT2D eigenvalue weighted by Gasteiger charge is 2.21. The largest absolute Gasteiger partial charge is 0.495 e. The number of hydrogen-bond donors (Lipinski definition) is 2. The Hall–Kier alpha value is -2.54. The number of anilines is 1. The number of ether oxygens (including phenoxy) is 1. The molecule has 0 aliphatic heterocycles. The third kappa shape index (κ3) is 4.73. The molecule has 2 N–H and O–H groups in total. The highest BCUT2D eigenvalue weighted by molar-refractivity contribution is 7.92. The number of rotatable bonds is 7. The van der Waals surface area contributed by atoms with Gasteiger partial charge >= 0.3 is 5.97 Å². The molecule has 0 aliphatic rings. The summed E-state index contributed by atoms with van der Waals surface area (Å²) in [5, 5.41) is 8.91. The van der Waals surface area contributed by atoms with Gasteiger partial charge in [0.25, 0.3) is 10.0 Å². The molecule has 0 bridgehead atoms. The van der Waals surface area contributed by atoms with Crippen LogP contribution in [0.25, 0.3) is 0 Å². The van der Waals surface area contributed by atoms with E-state index in [-0.39, 0.29) is 23.0 Å². The summed E-state index contributed by atoms with van der Waals surface area (Å²) in [5.74, 6) is -0.620. The zero-order valence-corrected chi connectivity index (χ0v) is 15.1. The van der Waals surface area contributed by atoms with E-state index < -0.39 is 16.0 Å². The minimum Gasteiger partial charge on any atom is -0.495 e. The van der Waals surface area contributed by atoms with Gasteiger partial charge in [0.1, 0.15) is 10.6 Å². The number of nitrogens with one attached hydrogen (secondary N) is 1. The number of carboxylic acids is 1. The van der Waals surface area contributed by atoms with E-state index in [0.717, 1.165) is 5.56 Å². The van der Waals surface area contributed by atoms with E-state index in [1.54, 1.807) is 18.2 Å². The SMILES string of the molecule is COc1ccc(CC(=O)O)cc1S(=O)(=O)Nc1cccc(C(C)C)c1. The van der Waals surface area contributed by atoms with Gasteiger partial charge in [-0.05, 0) is 41.3 Å². The molecule has 6 nitrogen and oxygen atoms in total. The fraction of sp³-hybridized carbons (Fsp3) is 0.278. The van der Waals surface area contributed by atoms with Crippen molar-refractivity contribution in [3.63, 3.8) is 0 Å². The molecule has 0 atom stereocenters. The first-order valence-corrected chi connectivity index (χ1v) is 9.22. The Bertz CT molecular complexity index is 875. The molecule has 0 radical (unpaired) electrons. The van der Waals surface area contributed by atoms with Crippen molar-refractivity contribution in [3.8, 4) is 5.75 Å². The second-order valence-electron chi connectivity index (χ2n) is 5.94. The van der Waals surface area contributed by atoms with Gasteiger partial charge in [-0.3, -0.25) is 9.52 Å². The number of sulfonamides is 1. The number of hydrogen-bond acceptors (Lipinski definition) is 4. The Balaban J connectivity index is 2.41. The Morgan fingerprint density at radius 1 is 1.20 bits per heavy atom. The van der Waals surface area contributed by atoms with Gasteiger partial charge in [0.2, 0.25) is 0 Å². The maximum absolute atomic E-state index is 12.8. The molecule has 0 fully saturated rings. The van der Waals surface area contributed by atoms with Crippen LogP contribution in [-0.2, 0) is 21.2 Å². The molecule has 25 heavy (non-hydrogen) atoms. The standard InChI is InChI=1S/C18H21NO5S/c1-12(2)14-5-4-6-15(11-14)19-25(22,23)17-9-13(10-18(20)21)7-8-16(17)24-3/h4-9,11-12,19H,10H2,1-3H3,(H,20,21). The molecule has 0 unspecified atom stereocenters. The molecule has 0 spiro atoms. The van der Waals surface area contributed by atoms with Crippen molar-refractivity contribution in [2.45, 2.75) is 31.1 Å². The van der Waals surface area contributed by atoms with E-state index in [0.29, 0.717) is 11.3 Å². The summed E-state index contributed by atoms with van der Waals surface area (Å²) in [5.41, 5.74) is 1.83. The highest BCUT2D eigenvalue weighted by Crippen LogP contribution is 2.28. The number of carbonyl (C=O) groups is 1.